The summed E-state index contributed by atoms with van der Waals surface area (Å²) in [6, 6.07) is -0.00792. The number of amides is 1. The van der Waals surface area contributed by atoms with Gasteiger partial charge in [-0.05, 0) is 31.4 Å². The van der Waals surface area contributed by atoms with Crippen molar-refractivity contribution >= 4 is 17.5 Å². The predicted molar refractivity (Wildman–Crippen MR) is 63.9 cm³/mol. The molecule has 1 atom stereocenters. The maximum atomic E-state index is 11.7. The molecule has 1 rings (SSSR count). The highest BCUT2D eigenvalue weighted by Crippen LogP contribution is 2.19. The Morgan fingerprint density at radius 1 is 1.65 bits per heavy atom. The SMILES string of the molecule is CCC(CCO)NC(=O)Cc1c(C)noc1Cl. The average molecular weight is 261 g/mol. The van der Waals surface area contributed by atoms with Crippen LogP contribution in [-0.4, -0.2) is 28.8 Å². The van der Waals surface area contributed by atoms with Crippen LogP contribution in [0.5, 0.6) is 0 Å². The van der Waals surface area contributed by atoms with E-state index in [0.29, 0.717) is 17.7 Å². The van der Waals surface area contributed by atoms with Gasteiger partial charge in [-0.15, -0.1) is 0 Å². The average Bonchev–Trinajstić information content (AvgIpc) is 2.60. The summed E-state index contributed by atoms with van der Waals surface area (Å²) in [4.78, 5) is 11.7. The van der Waals surface area contributed by atoms with Gasteiger partial charge in [-0.25, -0.2) is 0 Å². The monoisotopic (exact) mass is 260 g/mol. The molecule has 0 bridgehead atoms. The largest absolute Gasteiger partial charge is 0.396 e. The van der Waals surface area contributed by atoms with Crippen molar-refractivity contribution in [1.82, 2.24) is 10.5 Å². The Hall–Kier alpha value is -1.07. The van der Waals surface area contributed by atoms with E-state index in [1.807, 2.05) is 6.92 Å². The van der Waals surface area contributed by atoms with E-state index in [9.17, 15) is 4.79 Å². The lowest BCUT2D eigenvalue weighted by molar-refractivity contribution is -0.121. The van der Waals surface area contributed by atoms with Gasteiger partial charge in [0.15, 0.2) is 0 Å². The van der Waals surface area contributed by atoms with Crippen LogP contribution in [0.4, 0.5) is 0 Å². The number of aryl methyl sites for hydroxylation is 1. The second-order valence-corrected chi connectivity index (χ2v) is 4.23. The fourth-order valence-electron chi connectivity index (χ4n) is 1.53. The Bertz CT molecular complexity index is 359. The fraction of sp³-hybridized carbons (Fsp3) is 0.636. The molecule has 0 aliphatic heterocycles. The molecule has 17 heavy (non-hydrogen) atoms. The lowest BCUT2D eigenvalue weighted by atomic mass is 10.1. The third-order valence-electron chi connectivity index (χ3n) is 2.61. The highest BCUT2D eigenvalue weighted by molar-refractivity contribution is 6.29. The molecule has 1 heterocycles. The molecule has 0 saturated carbocycles. The first-order valence-corrected chi connectivity index (χ1v) is 5.97. The van der Waals surface area contributed by atoms with Crippen LogP contribution in [0.15, 0.2) is 4.52 Å². The highest BCUT2D eigenvalue weighted by atomic mass is 35.5. The Balaban J connectivity index is 2.55. The number of halogens is 1. The van der Waals surface area contributed by atoms with Crippen LogP contribution in [0.2, 0.25) is 5.22 Å². The smallest absolute Gasteiger partial charge is 0.229 e. The summed E-state index contributed by atoms with van der Waals surface area (Å²) in [5, 5.41) is 15.5. The van der Waals surface area contributed by atoms with E-state index < -0.39 is 0 Å². The van der Waals surface area contributed by atoms with Crippen LogP contribution in [0, 0.1) is 6.92 Å². The van der Waals surface area contributed by atoms with Crippen molar-refractivity contribution < 1.29 is 14.4 Å². The number of hydrogen-bond acceptors (Lipinski definition) is 4. The quantitative estimate of drug-likeness (QED) is 0.812. The molecule has 0 spiro atoms. The second-order valence-electron chi connectivity index (χ2n) is 3.88. The molecular formula is C11H17ClN2O3. The van der Waals surface area contributed by atoms with Crippen molar-refractivity contribution in [2.45, 2.75) is 39.2 Å². The van der Waals surface area contributed by atoms with Gasteiger partial charge >= 0.3 is 0 Å². The minimum Gasteiger partial charge on any atom is -0.396 e. The maximum absolute atomic E-state index is 11.7. The van der Waals surface area contributed by atoms with E-state index in [4.69, 9.17) is 21.2 Å². The minimum atomic E-state index is -0.140. The lowest BCUT2D eigenvalue weighted by Crippen LogP contribution is -2.36. The van der Waals surface area contributed by atoms with Crippen LogP contribution >= 0.6 is 11.6 Å². The van der Waals surface area contributed by atoms with Gasteiger partial charge in [0.25, 0.3) is 0 Å². The number of carbonyl (C=O) groups is 1. The first kappa shape index (κ1) is 14.0. The number of aromatic nitrogens is 1. The standard InChI is InChI=1S/C11H17ClN2O3/c1-3-8(4-5-15)13-10(16)6-9-7(2)14-17-11(9)12/h8,15H,3-6H2,1-2H3,(H,13,16). The summed E-state index contributed by atoms with van der Waals surface area (Å²) in [7, 11) is 0. The van der Waals surface area contributed by atoms with E-state index >= 15 is 0 Å². The second kappa shape index (κ2) is 6.61. The van der Waals surface area contributed by atoms with Crippen LogP contribution in [-0.2, 0) is 11.2 Å². The lowest BCUT2D eigenvalue weighted by Gasteiger charge is -2.15. The van der Waals surface area contributed by atoms with E-state index in [1.165, 1.54) is 0 Å². The van der Waals surface area contributed by atoms with E-state index in [2.05, 4.69) is 10.5 Å². The van der Waals surface area contributed by atoms with Crippen molar-refractivity contribution in [3.05, 3.63) is 16.5 Å². The molecule has 1 aromatic rings. The number of carbonyl (C=O) groups excluding carboxylic acids is 1. The summed E-state index contributed by atoms with van der Waals surface area (Å²) in [6.45, 7) is 3.76. The molecule has 5 nitrogen and oxygen atoms in total. The Labute approximate surface area is 105 Å². The molecule has 6 heteroatoms. The molecular weight excluding hydrogens is 244 g/mol. The van der Waals surface area contributed by atoms with Gasteiger partial charge in [0.05, 0.1) is 12.1 Å². The van der Waals surface area contributed by atoms with Crippen molar-refractivity contribution in [3.8, 4) is 0 Å². The van der Waals surface area contributed by atoms with Crippen molar-refractivity contribution in [3.63, 3.8) is 0 Å². The number of nitrogens with one attached hydrogen (secondary N) is 1. The third-order valence-corrected chi connectivity index (χ3v) is 2.91. The van der Waals surface area contributed by atoms with Crippen LogP contribution in [0.3, 0.4) is 0 Å². The number of hydrogen-bond donors (Lipinski definition) is 2. The van der Waals surface area contributed by atoms with Gasteiger partial charge in [0, 0.05) is 18.2 Å². The first-order chi connectivity index (χ1) is 8.08. The van der Waals surface area contributed by atoms with E-state index in [-0.39, 0.29) is 30.2 Å². The number of rotatable bonds is 6. The zero-order valence-corrected chi connectivity index (χ0v) is 10.8. The molecule has 1 amide bonds. The Kier molecular flexibility index (Phi) is 5.44. The summed E-state index contributed by atoms with van der Waals surface area (Å²) in [5.74, 6) is -0.140. The molecule has 0 aliphatic carbocycles. The maximum Gasteiger partial charge on any atom is 0.229 e. The van der Waals surface area contributed by atoms with Crippen molar-refractivity contribution in [2.24, 2.45) is 0 Å². The molecule has 0 fully saturated rings. The normalized spacial score (nSPS) is 12.5. The van der Waals surface area contributed by atoms with Gasteiger partial charge < -0.3 is 14.9 Å². The van der Waals surface area contributed by atoms with Crippen molar-refractivity contribution in [2.75, 3.05) is 6.61 Å². The highest BCUT2D eigenvalue weighted by Gasteiger charge is 2.16. The summed E-state index contributed by atoms with van der Waals surface area (Å²) in [5.41, 5.74) is 1.24. The zero-order chi connectivity index (χ0) is 12.8. The fourth-order valence-corrected chi connectivity index (χ4v) is 1.77. The first-order valence-electron chi connectivity index (χ1n) is 5.59. The van der Waals surface area contributed by atoms with Crippen LogP contribution in [0.25, 0.3) is 0 Å². The molecule has 1 aromatic heterocycles. The summed E-state index contributed by atoms with van der Waals surface area (Å²) in [6.07, 6.45) is 1.48. The summed E-state index contributed by atoms with van der Waals surface area (Å²) >= 11 is 5.77. The molecule has 0 saturated heterocycles. The number of nitrogens with zero attached hydrogens (tertiary/aromatic N) is 1. The third kappa shape index (κ3) is 4.02. The minimum absolute atomic E-state index is 0.00792. The zero-order valence-electron chi connectivity index (χ0n) is 9.99. The number of aliphatic hydroxyl groups excluding tert-OH is 1. The van der Waals surface area contributed by atoms with Crippen LogP contribution < -0.4 is 5.32 Å². The molecule has 2 N–H and O–H groups in total. The van der Waals surface area contributed by atoms with Gasteiger partial charge in [-0.3, -0.25) is 4.79 Å². The molecule has 96 valence electrons. The Morgan fingerprint density at radius 2 is 2.35 bits per heavy atom. The van der Waals surface area contributed by atoms with Gasteiger partial charge in [-0.1, -0.05) is 12.1 Å². The van der Waals surface area contributed by atoms with E-state index in [1.54, 1.807) is 6.92 Å². The number of aliphatic hydroxyl groups is 1. The van der Waals surface area contributed by atoms with Gasteiger partial charge in [0.1, 0.15) is 0 Å². The molecule has 1 unspecified atom stereocenters. The molecule has 0 aliphatic rings. The van der Waals surface area contributed by atoms with E-state index in [0.717, 1.165) is 6.42 Å². The molecule has 0 aromatic carbocycles. The Morgan fingerprint density at radius 3 is 2.82 bits per heavy atom. The predicted octanol–water partition coefficient (Wildman–Crippen LogP) is 1.46. The van der Waals surface area contributed by atoms with Crippen LogP contribution in [0.1, 0.15) is 31.0 Å². The van der Waals surface area contributed by atoms with Crippen molar-refractivity contribution in [1.29, 1.82) is 0 Å². The van der Waals surface area contributed by atoms with Gasteiger partial charge in [-0.2, -0.15) is 0 Å². The van der Waals surface area contributed by atoms with Gasteiger partial charge in [0.2, 0.25) is 11.1 Å². The molecule has 0 radical (unpaired) electrons. The topological polar surface area (TPSA) is 75.4 Å². The summed E-state index contributed by atoms with van der Waals surface area (Å²) < 4.78 is 4.77.